The Bertz CT molecular complexity index is 1380. The summed E-state index contributed by atoms with van der Waals surface area (Å²) in [5, 5.41) is -0.167. The highest BCUT2D eigenvalue weighted by Crippen LogP contribution is 2.27. The summed E-state index contributed by atoms with van der Waals surface area (Å²) in [5.74, 6) is -0.380. The summed E-state index contributed by atoms with van der Waals surface area (Å²) in [6.07, 6.45) is 0. The molecule has 1 aromatic carbocycles. The molecule has 0 fully saturated rings. The average Bonchev–Trinajstić information content (AvgIpc) is 2.65. The molecular formula is C18H19N3O6S. The fourth-order valence-corrected chi connectivity index (χ4v) is 4.02. The van der Waals surface area contributed by atoms with E-state index in [1.807, 2.05) is 0 Å². The predicted octanol–water partition coefficient (Wildman–Crippen LogP) is 0.320. The second kappa shape index (κ2) is 6.48. The third-order valence-electron chi connectivity index (χ3n) is 4.65. The average molecular weight is 405 g/mol. The number of rotatable bonds is 3. The molecule has 0 radical (unpaired) electrons. The van der Waals surface area contributed by atoms with Gasteiger partial charge in [0.15, 0.2) is 5.75 Å². The van der Waals surface area contributed by atoms with Gasteiger partial charge in [-0.15, -0.1) is 0 Å². The summed E-state index contributed by atoms with van der Waals surface area (Å²) in [5.41, 5.74) is -1.21. The summed E-state index contributed by atoms with van der Waals surface area (Å²) in [4.78, 5) is 37.5. The van der Waals surface area contributed by atoms with Gasteiger partial charge in [-0.25, -0.2) is 4.79 Å². The lowest BCUT2D eigenvalue weighted by molar-refractivity contribution is 0.484. The van der Waals surface area contributed by atoms with Gasteiger partial charge in [0.25, 0.3) is 11.1 Å². The number of aryl methyl sites for hydroxylation is 3. The van der Waals surface area contributed by atoms with Crippen LogP contribution < -0.4 is 21.0 Å². The molecule has 0 saturated heterocycles. The zero-order chi connectivity index (χ0) is 21.0. The van der Waals surface area contributed by atoms with Gasteiger partial charge in [-0.3, -0.25) is 23.3 Å². The molecule has 0 N–H and O–H groups in total. The third-order valence-corrected chi connectivity index (χ3v) is 5.88. The Morgan fingerprint density at radius 3 is 1.96 bits per heavy atom. The Morgan fingerprint density at radius 1 is 0.821 bits per heavy atom. The smallest absolute Gasteiger partial charge is 0.339 e. The first-order valence-corrected chi connectivity index (χ1v) is 9.68. The van der Waals surface area contributed by atoms with Gasteiger partial charge < -0.3 is 4.18 Å². The molecule has 28 heavy (non-hydrogen) atoms. The van der Waals surface area contributed by atoms with Crippen LogP contribution in [0.15, 0.2) is 43.5 Å². The SMILES string of the molecule is Cc1ccc(S(=O)(=O)Oc2c(C)c(=O)n(C)c3c2c(=O)n(C)c(=O)n3C)cc1. The molecule has 0 bridgehead atoms. The Balaban J connectivity index is 2.42. The minimum atomic E-state index is -4.31. The van der Waals surface area contributed by atoms with E-state index >= 15 is 0 Å². The van der Waals surface area contributed by atoms with Gasteiger partial charge in [-0.05, 0) is 26.0 Å². The number of nitrogens with zero attached hydrogens (tertiary/aromatic N) is 3. The molecule has 0 amide bonds. The van der Waals surface area contributed by atoms with Crippen molar-refractivity contribution in [3.05, 3.63) is 66.6 Å². The Hall–Kier alpha value is -3.14. The van der Waals surface area contributed by atoms with E-state index < -0.39 is 26.9 Å². The zero-order valence-electron chi connectivity index (χ0n) is 16.0. The molecule has 0 aliphatic rings. The molecule has 3 aromatic rings. The molecule has 0 aliphatic carbocycles. The first-order valence-electron chi connectivity index (χ1n) is 8.28. The highest BCUT2D eigenvalue weighted by Gasteiger charge is 2.26. The normalized spacial score (nSPS) is 11.8. The molecule has 0 saturated carbocycles. The highest BCUT2D eigenvalue weighted by molar-refractivity contribution is 7.87. The van der Waals surface area contributed by atoms with E-state index in [1.165, 1.54) is 40.2 Å². The minimum absolute atomic E-state index is 0.0298. The van der Waals surface area contributed by atoms with Gasteiger partial charge >= 0.3 is 15.8 Å². The van der Waals surface area contributed by atoms with Gasteiger partial charge in [0.1, 0.15) is 15.9 Å². The zero-order valence-corrected chi connectivity index (χ0v) is 16.8. The number of hydrogen-bond donors (Lipinski definition) is 0. The van der Waals surface area contributed by atoms with E-state index in [2.05, 4.69) is 0 Å². The molecule has 0 atom stereocenters. The maximum atomic E-state index is 12.8. The molecule has 2 heterocycles. The van der Waals surface area contributed by atoms with Crippen LogP contribution in [-0.4, -0.2) is 22.1 Å². The molecule has 148 valence electrons. The van der Waals surface area contributed by atoms with Gasteiger partial charge in [-0.2, -0.15) is 8.42 Å². The second-order valence-corrected chi connectivity index (χ2v) is 8.12. The number of aromatic nitrogens is 3. The van der Waals surface area contributed by atoms with Gasteiger partial charge in [0.2, 0.25) is 0 Å². The lowest BCUT2D eigenvalue weighted by atomic mass is 10.2. The molecule has 3 rings (SSSR count). The van der Waals surface area contributed by atoms with E-state index in [4.69, 9.17) is 4.18 Å². The fraction of sp³-hybridized carbons (Fsp3) is 0.278. The maximum Gasteiger partial charge on any atom is 0.339 e. The van der Waals surface area contributed by atoms with Crippen LogP contribution in [0.4, 0.5) is 0 Å². The number of pyridine rings is 1. The van der Waals surface area contributed by atoms with Crippen molar-refractivity contribution in [2.45, 2.75) is 18.7 Å². The molecular weight excluding hydrogens is 386 g/mol. The van der Waals surface area contributed by atoms with E-state index in [9.17, 15) is 22.8 Å². The standard InChI is InChI=1S/C18H19N3O6S/c1-10-6-8-12(9-7-10)28(25,26)27-14-11(2)16(22)19(3)15-13(14)17(23)21(5)18(24)20(15)4/h6-9H,1-5H3. The van der Waals surface area contributed by atoms with Gasteiger partial charge in [0, 0.05) is 21.1 Å². The number of hydrogen-bond acceptors (Lipinski definition) is 6. The summed E-state index contributed by atoms with van der Waals surface area (Å²) in [7, 11) is -0.260. The lowest BCUT2D eigenvalue weighted by Crippen LogP contribution is -2.40. The third kappa shape index (κ3) is 2.85. The monoisotopic (exact) mass is 405 g/mol. The van der Waals surface area contributed by atoms with Crippen LogP contribution in [-0.2, 0) is 31.3 Å². The fourth-order valence-electron chi connectivity index (χ4n) is 3.02. The molecule has 0 aliphatic heterocycles. The van der Waals surface area contributed by atoms with E-state index in [1.54, 1.807) is 19.1 Å². The van der Waals surface area contributed by atoms with Crippen molar-refractivity contribution in [3.8, 4) is 5.75 Å². The summed E-state index contributed by atoms with van der Waals surface area (Å²) >= 11 is 0. The van der Waals surface area contributed by atoms with Crippen LogP contribution in [0.25, 0.3) is 11.0 Å². The van der Waals surface area contributed by atoms with Crippen LogP contribution >= 0.6 is 0 Å². The largest absolute Gasteiger partial charge is 0.377 e. The number of benzene rings is 1. The Labute approximate surface area is 160 Å². The second-order valence-electron chi connectivity index (χ2n) is 6.57. The predicted molar refractivity (Wildman–Crippen MR) is 103 cm³/mol. The molecule has 9 nitrogen and oxygen atoms in total. The molecule has 10 heteroatoms. The van der Waals surface area contributed by atoms with E-state index in [0.717, 1.165) is 19.3 Å². The van der Waals surface area contributed by atoms with Crippen molar-refractivity contribution in [1.82, 2.24) is 13.7 Å². The van der Waals surface area contributed by atoms with Gasteiger partial charge in [0.05, 0.1) is 5.56 Å². The molecule has 0 spiro atoms. The lowest BCUT2D eigenvalue weighted by Gasteiger charge is -2.16. The van der Waals surface area contributed by atoms with Crippen molar-refractivity contribution >= 4 is 21.2 Å². The quantitative estimate of drug-likeness (QED) is 0.581. The van der Waals surface area contributed by atoms with Crippen LogP contribution in [0.2, 0.25) is 0 Å². The minimum Gasteiger partial charge on any atom is -0.377 e. The first kappa shape index (κ1) is 19.6. The van der Waals surface area contributed by atoms with E-state index in [-0.39, 0.29) is 27.2 Å². The highest BCUT2D eigenvalue weighted by atomic mass is 32.2. The first-order chi connectivity index (χ1) is 13.0. The van der Waals surface area contributed by atoms with Crippen molar-refractivity contribution in [1.29, 1.82) is 0 Å². The number of fused-ring (bicyclic) bond motifs is 1. The topological polar surface area (TPSA) is 109 Å². The van der Waals surface area contributed by atoms with Crippen LogP contribution in [0.3, 0.4) is 0 Å². The van der Waals surface area contributed by atoms with Gasteiger partial charge in [-0.1, -0.05) is 17.7 Å². The summed E-state index contributed by atoms with van der Waals surface area (Å²) < 4.78 is 33.8. The van der Waals surface area contributed by atoms with Crippen LogP contribution in [0.1, 0.15) is 11.1 Å². The summed E-state index contributed by atoms with van der Waals surface area (Å²) in [6, 6.07) is 5.95. The molecule has 0 unspecified atom stereocenters. The van der Waals surface area contributed by atoms with E-state index in [0.29, 0.717) is 0 Å². The summed E-state index contributed by atoms with van der Waals surface area (Å²) in [6.45, 7) is 3.17. The Kier molecular flexibility index (Phi) is 4.54. The van der Waals surface area contributed by atoms with Crippen LogP contribution in [0.5, 0.6) is 5.75 Å². The Morgan fingerprint density at radius 2 is 1.39 bits per heavy atom. The van der Waals surface area contributed by atoms with Crippen molar-refractivity contribution in [2.24, 2.45) is 21.1 Å². The molecule has 2 aromatic heterocycles. The maximum absolute atomic E-state index is 12.8. The van der Waals surface area contributed by atoms with Crippen molar-refractivity contribution in [2.75, 3.05) is 0 Å². The van der Waals surface area contributed by atoms with Crippen molar-refractivity contribution < 1.29 is 12.6 Å². The van der Waals surface area contributed by atoms with Crippen molar-refractivity contribution in [3.63, 3.8) is 0 Å². The van der Waals surface area contributed by atoms with Crippen LogP contribution in [0, 0.1) is 13.8 Å².